The Bertz CT molecular complexity index is 754. The molecule has 0 aliphatic carbocycles. The minimum Gasteiger partial charge on any atom is -0.398 e. The third-order valence-electron chi connectivity index (χ3n) is 2.49. The van der Waals surface area contributed by atoms with Gasteiger partial charge in [-0.2, -0.15) is 8.42 Å². The van der Waals surface area contributed by atoms with Crippen LogP contribution in [0.25, 0.3) is 10.8 Å². The Balaban J connectivity index is 2.90. The largest absolute Gasteiger partial charge is 0.398 e. The van der Waals surface area contributed by atoms with Crippen LogP contribution in [0.4, 0.5) is 11.4 Å². The number of anilines is 1. The number of nitrogens with zero attached hydrogens (tertiary/aromatic N) is 1. The zero-order chi connectivity index (χ0) is 13.5. The Kier molecular flexibility index (Phi) is 2.68. The van der Waals surface area contributed by atoms with Crippen LogP contribution in [0.5, 0.6) is 0 Å². The van der Waals surface area contributed by atoms with E-state index in [2.05, 4.69) is 0 Å². The van der Waals surface area contributed by atoms with Crippen LogP contribution in [0.3, 0.4) is 0 Å². The maximum atomic E-state index is 11.0. The zero-order valence-electron chi connectivity index (χ0n) is 8.90. The van der Waals surface area contributed by atoms with Gasteiger partial charge < -0.3 is 5.73 Å². The van der Waals surface area contributed by atoms with Crippen molar-refractivity contribution in [1.29, 1.82) is 0 Å². The summed E-state index contributed by atoms with van der Waals surface area (Å²) in [6.07, 6.45) is 0. The van der Waals surface area contributed by atoms with Crippen LogP contribution in [-0.2, 0) is 10.1 Å². The van der Waals surface area contributed by atoms with Crippen molar-refractivity contribution in [3.05, 3.63) is 40.4 Å². The standard InChI is InChI=1S/C10H8N2O5S/c11-9-3-4-10(12(13)14)8-5-6(18(15,16)17)1-2-7(8)9/h1-5H,11H2,(H,15,16,17). The summed E-state index contributed by atoms with van der Waals surface area (Å²) >= 11 is 0. The molecule has 0 saturated heterocycles. The second-order valence-corrected chi connectivity index (χ2v) is 5.04. The van der Waals surface area contributed by atoms with Crippen LogP contribution in [0.1, 0.15) is 0 Å². The van der Waals surface area contributed by atoms with Crippen LogP contribution in [0.15, 0.2) is 35.2 Å². The number of nitro benzene ring substituents is 1. The number of fused-ring (bicyclic) bond motifs is 1. The van der Waals surface area contributed by atoms with Crippen LogP contribution < -0.4 is 5.73 Å². The number of hydrogen-bond acceptors (Lipinski definition) is 5. The minimum atomic E-state index is -4.41. The molecule has 0 bridgehead atoms. The second-order valence-electron chi connectivity index (χ2n) is 3.61. The van der Waals surface area contributed by atoms with E-state index in [9.17, 15) is 18.5 Å². The molecule has 0 amide bonds. The van der Waals surface area contributed by atoms with E-state index in [4.69, 9.17) is 10.3 Å². The lowest BCUT2D eigenvalue weighted by molar-refractivity contribution is -0.383. The molecule has 7 nitrogen and oxygen atoms in total. The summed E-state index contributed by atoms with van der Waals surface area (Å²) in [5, 5.41) is 11.3. The number of non-ortho nitro benzene ring substituents is 1. The molecule has 0 aromatic heterocycles. The Labute approximate surface area is 102 Å². The van der Waals surface area contributed by atoms with Gasteiger partial charge >= 0.3 is 0 Å². The van der Waals surface area contributed by atoms with E-state index >= 15 is 0 Å². The lowest BCUT2D eigenvalue weighted by atomic mass is 10.1. The van der Waals surface area contributed by atoms with Gasteiger partial charge in [-0.3, -0.25) is 14.7 Å². The molecule has 0 heterocycles. The second kappa shape index (κ2) is 3.93. The molecule has 0 spiro atoms. The average molecular weight is 268 g/mol. The molecular formula is C10H8N2O5S. The molecule has 0 aliphatic heterocycles. The van der Waals surface area contributed by atoms with Gasteiger partial charge in [0.15, 0.2) is 0 Å². The lowest BCUT2D eigenvalue weighted by Gasteiger charge is -2.04. The van der Waals surface area contributed by atoms with E-state index in [0.717, 1.165) is 12.1 Å². The fourth-order valence-electron chi connectivity index (χ4n) is 1.65. The summed E-state index contributed by atoms with van der Waals surface area (Å²) in [4.78, 5) is 9.78. The van der Waals surface area contributed by atoms with Gasteiger partial charge in [-0.05, 0) is 18.2 Å². The Hall–Kier alpha value is -2.19. The lowest BCUT2D eigenvalue weighted by Crippen LogP contribution is -1.99. The molecule has 0 unspecified atom stereocenters. The van der Waals surface area contributed by atoms with Crippen LogP contribution in [-0.4, -0.2) is 17.9 Å². The van der Waals surface area contributed by atoms with Crippen molar-refractivity contribution >= 4 is 32.3 Å². The van der Waals surface area contributed by atoms with Crippen molar-refractivity contribution in [2.75, 3.05) is 5.73 Å². The maximum Gasteiger partial charge on any atom is 0.294 e. The van der Waals surface area contributed by atoms with E-state index in [0.29, 0.717) is 5.39 Å². The topological polar surface area (TPSA) is 124 Å². The van der Waals surface area contributed by atoms with E-state index in [1.165, 1.54) is 18.2 Å². The molecule has 2 aromatic carbocycles. The highest BCUT2D eigenvalue weighted by Gasteiger charge is 2.17. The van der Waals surface area contributed by atoms with Gasteiger partial charge in [-0.25, -0.2) is 0 Å². The molecule has 18 heavy (non-hydrogen) atoms. The molecule has 0 aliphatic rings. The number of nitrogens with two attached hydrogens (primary N) is 1. The van der Waals surface area contributed by atoms with Crippen LogP contribution in [0.2, 0.25) is 0 Å². The number of rotatable bonds is 2. The van der Waals surface area contributed by atoms with Crippen molar-refractivity contribution in [1.82, 2.24) is 0 Å². The van der Waals surface area contributed by atoms with E-state index in [-0.39, 0.29) is 16.8 Å². The summed E-state index contributed by atoms with van der Waals surface area (Å²) in [5.41, 5.74) is 5.67. The van der Waals surface area contributed by atoms with E-state index in [1.807, 2.05) is 0 Å². The minimum absolute atomic E-state index is 0.0649. The first-order valence-corrected chi connectivity index (χ1v) is 6.19. The highest BCUT2D eigenvalue weighted by molar-refractivity contribution is 7.85. The van der Waals surface area contributed by atoms with Crippen molar-refractivity contribution in [3.8, 4) is 0 Å². The van der Waals surface area contributed by atoms with Crippen molar-refractivity contribution in [2.24, 2.45) is 0 Å². The van der Waals surface area contributed by atoms with E-state index < -0.39 is 19.9 Å². The van der Waals surface area contributed by atoms with Crippen LogP contribution >= 0.6 is 0 Å². The molecular weight excluding hydrogens is 260 g/mol. The number of nitro groups is 1. The normalized spacial score (nSPS) is 11.6. The van der Waals surface area contributed by atoms with Gasteiger partial charge in [-0.15, -0.1) is 0 Å². The highest BCUT2D eigenvalue weighted by atomic mass is 32.2. The summed E-state index contributed by atoms with van der Waals surface area (Å²) in [6, 6.07) is 6.04. The Morgan fingerprint density at radius 3 is 2.39 bits per heavy atom. The molecule has 2 rings (SSSR count). The molecule has 0 radical (unpaired) electrons. The number of nitrogen functional groups attached to an aromatic ring is 1. The van der Waals surface area contributed by atoms with Crippen molar-refractivity contribution in [2.45, 2.75) is 4.90 Å². The quantitative estimate of drug-likeness (QED) is 0.369. The van der Waals surface area contributed by atoms with Gasteiger partial charge in [0, 0.05) is 17.1 Å². The maximum absolute atomic E-state index is 11.0. The first kappa shape index (κ1) is 12.3. The molecule has 0 atom stereocenters. The summed E-state index contributed by atoms with van der Waals surface area (Å²) in [5.74, 6) is 0. The summed E-state index contributed by atoms with van der Waals surface area (Å²) in [6.45, 7) is 0. The Morgan fingerprint density at radius 2 is 1.83 bits per heavy atom. The van der Waals surface area contributed by atoms with E-state index in [1.54, 1.807) is 0 Å². The molecule has 3 N–H and O–H groups in total. The van der Waals surface area contributed by atoms with Gasteiger partial charge in [-0.1, -0.05) is 6.07 Å². The zero-order valence-corrected chi connectivity index (χ0v) is 9.72. The number of hydrogen-bond donors (Lipinski definition) is 2. The predicted molar refractivity (Wildman–Crippen MR) is 64.8 cm³/mol. The smallest absolute Gasteiger partial charge is 0.294 e. The average Bonchev–Trinajstić information content (AvgIpc) is 2.27. The fraction of sp³-hybridized carbons (Fsp3) is 0. The number of benzene rings is 2. The summed E-state index contributed by atoms with van der Waals surface area (Å²) in [7, 11) is -4.41. The molecule has 2 aromatic rings. The third-order valence-corrected chi connectivity index (χ3v) is 3.34. The van der Waals surface area contributed by atoms with Gasteiger partial charge in [0.25, 0.3) is 15.8 Å². The molecule has 0 saturated carbocycles. The monoisotopic (exact) mass is 268 g/mol. The first-order valence-electron chi connectivity index (χ1n) is 4.75. The SMILES string of the molecule is Nc1ccc([N+](=O)[O-])c2cc(S(=O)(=O)O)ccc12. The molecule has 94 valence electrons. The Morgan fingerprint density at radius 1 is 1.17 bits per heavy atom. The predicted octanol–water partition coefficient (Wildman–Crippen LogP) is 1.58. The molecule has 0 fully saturated rings. The summed E-state index contributed by atoms with van der Waals surface area (Å²) < 4.78 is 30.9. The van der Waals surface area contributed by atoms with Gasteiger partial charge in [0.2, 0.25) is 0 Å². The van der Waals surface area contributed by atoms with Crippen molar-refractivity contribution in [3.63, 3.8) is 0 Å². The highest BCUT2D eigenvalue weighted by Crippen LogP contribution is 2.31. The van der Waals surface area contributed by atoms with Gasteiger partial charge in [0.05, 0.1) is 15.2 Å². The first-order chi connectivity index (χ1) is 8.30. The molecule has 8 heteroatoms. The van der Waals surface area contributed by atoms with Gasteiger partial charge in [0.1, 0.15) is 0 Å². The fourth-order valence-corrected chi connectivity index (χ4v) is 2.16. The third kappa shape index (κ3) is 1.98. The van der Waals surface area contributed by atoms with Crippen LogP contribution in [0, 0.1) is 10.1 Å². The van der Waals surface area contributed by atoms with Crippen molar-refractivity contribution < 1.29 is 17.9 Å².